The summed E-state index contributed by atoms with van der Waals surface area (Å²) < 4.78 is 0. The minimum atomic E-state index is 0.185. The van der Waals surface area contributed by atoms with E-state index in [1.807, 2.05) is 0 Å². The molecule has 2 atom stereocenters. The highest BCUT2D eigenvalue weighted by molar-refractivity contribution is 4.89. The zero-order chi connectivity index (χ0) is 10.3. The van der Waals surface area contributed by atoms with Crippen LogP contribution in [0.2, 0.25) is 0 Å². The molecule has 0 amide bonds. The van der Waals surface area contributed by atoms with Gasteiger partial charge in [-0.15, -0.1) is 0 Å². The Morgan fingerprint density at radius 1 is 1.31 bits per heavy atom. The van der Waals surface area contributed by atoms with Gasteiger partial charge in [-0.05, 0) is 26.2 Å². The molecule has 0 saturated heterocycles. The maximum Gasteiger partial charge on any atom is 0.0303 e. The highest BCUT2D eigenvalue weighted by Gasteiger charge is 2.25. The van der Waals surface area contributed by atoms with Gasteiger partial charge in [-0.3, -0.25) is 0 Å². The van der Waals surface area contributed by atoms with Crippen molar-refractivity contribution in [2.45, 2.75) is 65.0 Å². The second-order valence-electron chi connectivity index (χ2n) is 4.04. The van der Waals surface area contributed by atoms with Gasteiger partial charge in [-0.25, -0.2) is 0 Å². The van der Waals surface area contributed by atoms with Crippen molar-refractivity contribution in [3.63, 3.8) is 0 Å². The fourth-order valence-corrected chi connectivity index (χ4v) is 1.76. The lowest BCUT2D eigenvalue weighted by Crippen LogP contribution is -2.53. The van der Waals surface area contributed by atoms with E-state index in [-0.39, 0.29) is 5.54 Å². The second-order valence-corrected chi connectivity index (χ2v) is 4.04. The Labute approximate surface area is 83.3 Å². The zero-order valence-electron chi connectivity index (χ0n) is 9.69. The van der Waals surface area contributed by atoms with Crippen LogP contribution in [0.15, 0.2) is 0 Å². The molecule has 2 nitrogen and oxygen atoms in total. The zero-order valence-corrected chi connectivity index (χ0v) is 9.69. The smallest absolute Gasteiger partial charge is 0.0303 e. The van der Waals surface area contributed by atoms with Crippen LogP contribution in [0.5, 0.6) is 0 Å². The molecule has 0 heterocycles. The van der Waals surface area contributed by atoms with Gasteiger partial charge in [-0.2, -0.15) is 0 Å². The molecule has 0 aliphatic carbocycles. The van der Waals surface area contributed by atoms with Crippen molar-refractivity contribution in [3.05, 3.63) is 0 Å². The number of rotatable bonds is 7. The summed E-state index contributed by atoms with van der Waals surface area (Å²) in [5.74, 6) is 0. The topological polar surface area (TPSA) is 38.0 Å². The first-order valence-corrected chi connectivity index (χ1v) is 5.61. The second kappa shape index (κ2) is 6.39. The molecule has 0 aromatic heterocycles. The van der Waals surface area contributed by atoms with Crippen LogP contribution in [-0.4, -0.2) is 18.1 Å². The van der Waals surface area contributed by atoms with E-state index in [4.69, 9.17) is 5.73 Å². The van der Waals surface area contributed by atoms with E-state index >= 15 is 0 Å². The van der Waals surface area contributed by atoms with Crippen molar-refractivity contribution in [2.75, 3.05) is 6.54 Å². The molecule has 0 spiro atoms. The minimum Gasteiger partial charge on any atom is -0.329 e. The molecular formula is C11H26N2. The standard InChI is InChI=1S/C11H26N2/c1-5-8-11(7-3,9-12)13-10(4)6-2/h10,13H,5-9,12H2,1-4H3. The van der Waals surface area contributed by atoms with Gasteiger partial charge < -0.3 is 11.1 Å². The predicted molar refractivity (Wildman–Crippen MR) is 59.9 cm³/mol. The molecule has 0 aliphatic heterocycles. The third kappa shape index (κ3) is 4.10. The molecule has 0 bridgehead atoms. The molecule has 0 rings (SSSR count). The van der Waals surface area contributed by atoms with E-state index in [0.29, 0.717) is 6.04 Å². The van der Waals surface area contributed by atoms with Crippen LogP contribution in [0, 0.1) is 0 Å². The molecule has 3 N–H and O–H groups in total. The van der Waals surface area contributed by atoms with E-state index < -0.39 is 0 Å². The SMILES string of the molecule is CCCC(CC)(CN)NC(C)CC. The summed E-state index contributed by atoms with van der Waals surface area (Å²) in [6, 6.07) is 0.579. The molecular weight excluding hydrogens is 160 g/mol. The Morgan fingerprint density at radius 2 is 1.92 bits per heavy atom. The van der Waals surface area contributed by atoms with Gasteiger partial charge in [0.1, 0.15) is 0 Å². The van der Waals surface area contributed by atoms with Crippen molar-refractivity contribution >= 4 is 0 Å². The summed E-state index contributed by atoms with van der Waals surface area (Å²) in [5, 5.41) is 3.66. The lowest BCUT2D eigenvalue weighted by molar-refractivity contribution is 0.264. The summed E-state index contributed by atoms with van der Waals surface area (Å²) in [4.78, 5) is 0. The van der Waals surface area contributed by atoms with Crippen LogP contribution in [-0.2, 0) is 0 Å². The minimum absolute atomic E-state index is 0.185. The van der Waals surface area contributed by atoms with Gasteiger partial charge in [0, 0.05) is 18.1 Å². The monoisotopic (exact) mass is 186 g/mol. The molecule has 2 heteroatoms. The highest BCUT2D eigenvalue weighted by Crippen LogP contribution is 2.17. The van der Waals surface area contributed by atoms with Gasteiger partial charge >= 0.3 is 0 Å². The molecule has 0 fully saturated rings. The number of nitrogens with one attached hydrogen (secondary N) is 1. The van der Waals surface area contributed by atoms with Crippen LogP contribution in [0.3, 0.4) is 0 Å². The average Bonchev–Trinajstić information content (AvgIpc) is 2.17. The number of hydrogen-bond donors (Lipinski definition) is 2. The summed E-state index contributed by atoms with van der Waals surface area (Å²) in [6.45, 7) is 9.63. The van der Waals surface area contributed by atoms with Crippen molar-refractivity contribution < 1.29 is 0 Å². The molecule has 80 valence electrons. The Balaban J connectivity index is 4.19. The average molecular weight is 186 g/mol. The first-order valence-electron chi connectivity index (χ1n) is 5.61. The van der Waals surface area contributed by atoms with Crippen LogP contribution >= 0.6 is 0 Å². The Hall–Kier alpha value is -0.0800. The van der Waals surface area contributed by atoms with Crippen molar-refractivity contribution in [2.24, 2.45) is 5.73 Å². The Kier molecular flexibility index (Phi) is 6.35. The normalized spacial score (nSPS) is 18.2. The van der Waals surface area contributed by atoms with Crippen molar-refractivity contribution in [1.29, 1.82) is 0 Å². The van der Waals surface area contributed by atoms with Crippen LogP contribution in [0.1, 0.15) is 53.4 Å². The first kappa shape index (κ1) is 12.9. The van der Waals surface area contributed by atoms with E-state index in [9.17, 15) is 0 Å². The van der Waals surface area contributed by atoms with Gasteiger partial charge in [0.2, 0.25) is 0 Å². The third-order valence-electron chi connectivity index (χ3n) is 2.96. The highest BCUT2D eigenvalue weighted by atomic mass is 15.0. The van der Waals surface area contributed by atoms with Crippen molar-refractivity contribution in [1.82, 2.24) is 5.32 Å². The van der Waals surface area contributed by atoms with Gasteiger partial charge in [0.25, 0.3) is 0 Å². The molecule has 0 radical (unpaired) electrons. The number of hydrogen-bond acceptors (Lipinski definition) is 2. The van der Waals surface area contributed by atoms with E-state index in [0.717, 1.165) is 13.0 Å². The molecule has 13 heavy (non-hydrogen) atoms. The van der Waals surface area contributed by atoms with Crippen LogP contribution in [0.25, 0.3) is 0 Å². The summed E-state index contributed by atoms with van der Waals surface area (Å²) in [6.07, 6.45) is 4.69. The van der Waals surface area contributed by atoms with E-state index in [1.54, 1.807) is 0 Å². The largest absolute Gasteiger partial charge is 0.329 e. The Bertz CT molecular complexity index is 119. The summed E-state index contributed by atoms with van der Waals surface area (Å²) in [7, 11) is 0. The van der Waals surface area contributed by atoms with Crippen molar-refractivity contribution in [3.8, 4) is 0 Å². The summed E-state index contributed by atoms with van der Waals surface area (Å²) >= 11 is 0. The lowest BCUT2D eigenvalue weighted by Gasteiger charge is -2.35. The first-order chi connectivity index (χ1) is 6.14. The molecule has 0 saturated carbocycles. The number of nitrogens with two attached hydrogens (primary N) is 1. The molecule has 2 unspecified atom stereocenters. The maximum absolute atomic E-state index is 5.84. The van der Waals surface area contributed by atoms with E-state index in [1.165, 1.54) is 19.3 Å². The molecule has 0 aromatic rings. The molecule has 0 aromatic carbocycles. The van der Waals surface area contributed by atoms with E-state index in [2.05, 4.69) is 33.0 Å². The van der Waals surface area contributed by atoms with Gasteiger partial charge in [-0.1, -0.05) is 27.2 Å². The lowest BCUT2D eigenvalue weighted by atomic mass is 9.89. The Morgan fingerprint density at radius 3 is 2.23 bits per heavy atom. The maximum atomic E-state index is 5.84. The quantitative estimate of drug-likeness (QED) is 0.640. The van der Waals surface area contributed by atoms with Gasteiger partial charge in [0.15, 0.2) is 0 Å². The third-order valence-corrected chi connectivity index (χ3v) is 2.96. The fourth-order valence-electron chi connectivity index (χ4n) is 1.76. The molecule has 0 aliphatic rings. The van der Waals surface area contributed by atoms with Crippen LogP contribution < -0.4 is 11.1 Å². The summed E-state index contributed by atoms with van der Waals surface area (Å²) in [5.41, 5.74) is 6.03. The fraction of sp³-hybridized carbons (Fsp3) is 1.00. The van der Waals surface area contributed by atoms with Crippen LogP contribution in [0.4, 0.5) is 0 Å². The predicted octanol–water partition coefficient (Wildman–Crippen LogP) is 2.28. The van der Waals surface area contributed by atoms with Gasteiger partial charge in [0.05, 0.1) is 0 Å².